The van der Waals surface area contributed by atoms with Crippen molar-refractivity contribution in [2.45, 2.75) is 19.3 Å². The summed E-state index contributed by atoms with van der Waals surface area (Å²) >= 11 is 0. The normalized spacial score (nSPS) is 22.4. The quantitative estimate of drug-likeness (QED) is 0.523. The first-order valence-electron chi connectivity index (χ1n) is 3.64. The zero-order valence-electron chi connectivity index (χ0n) is 5.80. The van der Waals surface area contributed by atoms with Crippen LogP contribution in [0.3, 0.4) is 0 Å². The minimum Gasteiger partial charge on any atom is -0.244 e. The van der Waals surface area contributed by atoms with Gasteiger partial charge in [0.05, 0.1) is 0 Å². The van der Waals surface area contributed by atoms with Crippen LogP contribution in [-0.4, -0.2) is 6.34 Å². The maximum absolute atomic E-state index is 4.02. The molecule has 0 saturated heterocycles. The van der Waals surface area contributed by atoms with E-state index in [1.165, 1.54) is 30.5 Å². The molecule has 2 rings (SSSR count). The molecule has 0 spiro atoms. The second-order valence-electron chi connectivity index (χ2n) is 2.59. The van der Waals surface area contributed by atoms with E-state index in [1.807, 2.05) is 6.20 Å². The molecule has 0 fully saturated rings. The number of fused-ring (bicyclic) bond motifs is 1. The molecule has 0 aromatic heterocycles. The molecule has 1 N–H and O–H groups in total. The highest BCUT2D eigenvalue weighted by Gasteiger charge is 2.16. The van der Waals surface area contributed by atoms with Gasteiger partial charge in [0.15, 0.2) is 0 Å². The fourth-order valence-corrected chi connectivity index (χ4v) is 1.32. The van der Waals surface area contributed by atoms with Crippen LogP contribution >= 0.6 is 0 Å². The minimum absolute atomic E-state index is 1.18. The second-order valence-corrected chi connectivity index (χ2v) is 2.59. The maximum atomic E-state index is 4.02. The topological polar surface area (TPSA) is 26.1 Å². The van der Waals surface area contributed by atoms with E-state index in [4.69, 9.17) is 0 Å². The lowest BCUT2D eigenvalue weighted by molar-refractivity contribution is 0.774. The van der Waals surface area contributed by atoms with Crippen molar-refractivity contribution < 1.29 is 0 Å². The lowest BCUT2D eigenvalue weighted by Gasteiger charge is -2.11. The van der Waals surface area contributed by atoms with Crippen molar-refractivity contribution in [2.75, 3.05) is 0 Å². The largest absolute Gasteiger partial charge is 0.284 e. The van der Waals surface area contributed by atoms with E-state index in [0.717, 1.165) is 0 Å². The van der Waals surface area contributed by atoms with Crippen LogP contribution in [0.5, 0.6) is 0 Å². The minimum atomic E-state index is 1.18. The number of hydrogen-bond donors (Lipinski definition) is 1. The molecule has 1 aliphatic heterocycles. The Hall–Kier alpha value is -1.05. The predicted molar refractivity (Wildman–Crippen MR) is 41.4 cm³/mol. The third-order valence-corrected chi connectivity index (χ3v) is 1.87. The van der Waals surface area contributed by atoms with Crippen LogP contribution in [0.15, 0.2) is 23.5 Å². The summed E-state index contributed by atoms with van der Waals surface area (Å²) in [6.07, 6.45) is 9.57. The third kappa shape index (κ3) is 0.856. The van der Waals surface area contributed by atoms with Crippen LogP contribution < -0.4 is 10.3 Å². The zero-order valence-corrected chi connectivity index (χ0v) is 5.80. The van der Waals surface area contributed by atoms with Crippen molar-refractivity contribution in [1.29, 1.82) is 0 Å². The SMILES string of the molecule is C1=[N+]C=C2CCCC=C2N1. The Labute approximate surface area is 60.3 Å². The number of nitrogens with zero attached hydrogens (tertiary/aromatic N) is 1. The highest BCUT2D eigenvalue weighted by Crippen LogP contribution is 2.21. The lowest BCUT2D eigenvalue weighted by Crippen LogP contribution is -2.21. The average molecular weight is 134 g/mol. The Bertz CT molecular complexity index is 223. The van der Waals surface area contributed by atoms with E-state index in [1.54, 1.807) is 6.34 Å². The maximum Gasteiger partial charge on any atom is 0.284 e. The van der Waals surface area contributed by atoms with Crippen molar-refractivity contribution in [1.82, 2.24) is 10.3 Å². The standard InChI is InChI=1S/C8H10N2/c1-2-4-8-7(3-1)5-9-6-10-8/h4-6,10H,1-3H2/q+1. The van der Waals surface area contributed by atoms with Crippen molar-refractivity contribution in [3.05, 3.63) is 23.5 Å². The summed E-state index contributed by atoms with van der Waals surface area (Å²) in [6.45, 7) is 0. The first kappa shape index (κ1) is 5.71. The molecule has 0 aromatic carbocycles. The first-order chi connectivity index (χ1) is 4.97. The Kier molecular flexibility index (Phi) is 1.31. The molecule has 1 aliphatic carbocycles. The third-order valence-electron chi connectivity index (χ3n) is 1.87. The molecule has 0 unspecified atom stereocenters. The van der Waals surface area contributed by atoms with Gasteiger partial charge in [0.25, 0.3) is 6.34 Å². The van der Waals surface area contributed by atoms with E-state index < -0.39 is 0 Å². The van der Waals surface area contributed by atoms with Gasteiger partial charge in [0, 0.05) is 5.57 Å². The Morgan fingerprint density at radius 1 is 1.50 bits per heavy atom. The van der Waals surface area contributed by atoms with E-state index in [2.05, 4.69) is 16.4 Å². The van der Waals surface area contributed by atoms with Gasteiger partial charge in [0.1, 0.15) is 11.9 Å². The van der Waals surface area contributed by atoms with Gasteiger partial charge in [-0.3, -0.25) is 0 Å². The summed E-state index contributed by atoms with van der Waals surface area (Å²) in [5.41, 5.74) is 2.62. The van der Waals surface area contributed by atoms with Gasteiger partial charge in [0.2, 0.25) is 0 Å². The summed E-state index contributed by atoms with van der Waals surface area (Å²) < 4.78 is 0. The highest BCUT2D eigenvalue weighted by atomic mass is 15.0. The van der Waals surface area contributed by atoms with E-state index in [0.29, 0.717) is 0 Å². The molecule has 10 heavy (non-hydrogen) atoms. The zero-order chi connectivity index (χ0) is 6.81. The molecule has 2 aliphatic rings. The van der Waals surface area contributed by atoms with Gasteiger partial charge in [-0.15, -0.1) is 0 Å². The molecule has 0 saturated carbocycles. The van der Waals surface area contributed by atoms with Crippen molar-refractivity contribution in [2.24, 2.45) is 0 Å². The fourth-order valence-electron chi connectivity index (χ4n) is 1.32. The molecule has 2 nitrogen and oxygen atoms in total. The number of aliphatic imine (C=N–C) groups is 1. The van der Waals surface area contributed by atoms with Crippen LogP contribution in [-0.2, 0) is 0 Å². The summed E-state index contributed by atoms with van der Waals surface area (Å²) in [5.74, 6) is 0. The number of allylic oxidation sites excluding steroid dienone is 2. The van der Waals surface area contributed by atoms with Gasteiger partial charge in [-0.1, -0.05) is 4.99 Å². The Balaban J connectivity index is 2.32. The molecule has 0 atom stereocenters. The summed E-state index contributed by atoms with van der Waals surface area (Å²) in [4.78, 5) is 4.02. The number of rotatable bonds is 0. The molecule has 0 bridgehead atoms. The van der Waals surface area contributed by atoms with Gasteiger partial charge in [-0.25, -0.2) is 5.32 Å². The van der Waals surface area contributed by atoms with E-state index in [9.17, 15) is 0 Å². The van der Waals surface area contributed by atoms with Crippen molar-refractivity contribution in [3.63, 3.8) is 0 Å². The molecule has 0 aromatic rings. The van der Waals surface area contributed by atoms with Crippen LogP contribution in [0.25, 0.3) is 0 Å². The smallest absolute Gasteiger partial charge is 0.244 e. The molecule has 1 radical (unpaired) electrons. The van der Waals surface area contributed by atoms with Gasteiger partial charge in [-0.05, 0) is 25.3 Å². The molecule has 1 heterocycles. The number of nitrogens with one attached hydrogen (secondary N) is 1. The predicted octanol–water partition coefficient (Wildman–Crippen LogP) is 0.905. The summed E-state index contributed by atoms with van der Waals surface area (Å²) in [6, 6.07) is 0. The van der Waals surface area contributed by atoms with E-state index in [-0.39, 0.29) is 0 Å². The monoisotopic (exact) mass is 134 g/mol. The summed E-state index contributed by atoms with van der Waals surface area (Å²) in [7, 11) is 0. The second kappa shape index (κ2) is 2.29. The Morgan fingerprint density at radius 3 is 3.40 bits per heavy atom. The van der Waals surface area contributed by atoms with Gasteiger partial charge >= 0.3 is 0 Å². The molecular weight excluding hydrogens is 124 g/mol. The van der Waals surface area contributed by atoms with Crippen molar-refractivity contribution in [3.8, 4) is 0 Å². The van der Waals surface area contributed by atoms with Gasteiger partial charge < -0.3 is 0 Å². The average Bonchev–Trinajstić information content (AvgIpc) is 2.05. The lowest BCUT2D eigenvalue weighted by atomic mass is 9.99. The van der Waals surface area contributed by atoms with Crippen molar-refractivity contribution >= 4 is 6.34 Å². The number of hydrogen-bond acceptors (Lipinski definition) is 2. The molecule has 0 amide bonds. The van der Waals surface area contributed by atoms with Gasteiger partial charge in [-0.2, -0.15) is 0 Å². The van der Waals surface area contributed by atoms with Crippen LogP contribution in [0.2, 0.25) is 0 Å². The highest BCUT2D eigenvalue weighted by molar-refractivity contribution is 5.62. The van der Waals surface area contributed by atoms with Crippen LogP contribution in [0, 0.1) is 0 Å². The summed E-state index contributed by atoms with van der Waals surface area (Å²) in [5, 5.41) is 3.12. The molecule has 51 valence electrons. The first-order valence-corrected chi connectivity index (χ1v) is 3.64. The van der Waals surface area contributed by atoms with E-state index >= 15 is 0 Å². The van der Waals surface area contributed by atoms with Crippen LogP contribution in [0.4, 0.5) is 0 Å². The van der Waals surface area contributed by atoms with Crippen LogP contribution in [0.1, 0.15) is 19.3 Å². The molecule has 2 heteroatoms. The molecular formula is C8H10N2+. The Morgan fingerprint density at radius 2 is 2.50 bits per heavy atom. The fraction of sp³-hybridized carbons (Fsp3) is 0.375.